The highest BCUT2D eigenvalue weighted by atomic mass is 16.6. The van der Waals surface area contributed by atoms with E-state index in [1.54, 1.807) is 31.4 Å². The minimum absolute atomic E-state index is 0.255. The Balaban J connectivity index is 2.23. The topological polar surface area (TPSA) is 78.4 Å². The van der Waals surface area contributed by atoms with Gasteiger partial charge in [0, 0.05) is 5.56 Å². The molecule has 0 atom stereocenters. The molecule has 0 bridgehead atoms. The predicted octanol–water partition coefficient (Wildman–Crippen LogP) is 2.30. The van der Waals surface area contributed by atoms with E-state index in [1.165, 1.54) is 0 Å². The first-order chi connectivity index (χ1) is 8.83. The lowest BCUT2D eigenvalue weighted by Gasteiger charge is -2.01. The monoisotopic (exact) mass is 244 g/mol. The average Bonchev–Trinajstić information content (AvgIpc) is 3.06. The van der Waals surface area contributed by atoms with Crippen LogP contribution in [0.25, 0.3) is 22.4 Å². The summed E-state index contributed by atoms with van der Waals surface area (Å²) in [5.41, 5.74) is 1.74. The summed E-state index contributed by atoms with van der Waals surface area (Å²) in [4.78, 5) is 10.6. The van der Waals surface area contributed by atoms with E-state index in [9.17, 15) is 4.79 Å². The van der Waals surface area contributed by atoms with Crippen molar-refractivity contribution in [3.8, 4) is 17.1 Å². The molecule has 0 aliphatic carbocycles. The summed E-state index contributed by atoms with van der Waals surface area (Å²) in [7, 11) is 1.54. The summed E-state index contributed by atoms with van der Waals surface area (Å²) in [6, 6.07) is 6.80. The van der Waals surface area contributed by atoms with Gasteiger partial charge in [-0.2, -0.15) is 0 Å². The first-order valence-electron chi connectivity index (χ1n) is 5.18. The maximum Gasteiger partial charge on any atom is 0.185 e. The predicted molar refractivity (Wildman–Crippen MR) is 61.4 cm³/mol. The number of ether oxygens (including phenoxy) is 1. The summed E-state index contributed by atoms with van der Waals surface area (Å²) in [5, 5.41) is 7.60. The van der Waals surface area contributed by atoms with Crippen molar-refractivity contribution in [3.05, 3.63) is 30.0 Å². The van der Waals surface area contributed by atoms with Gasteiger partial charge in [0.05, 0.1) is 7.11 Å². The molecule has 0 unspecified atom stereocenters. The number of aromatic nitrogens is 2. The van der Waals surface area contributed by atoms with Gasteiger partial charge >= 0.3 is 0 Å². The van der Waals surface area contributed by atoms with Crippen molar-refractivity contribution in [3.63, 3.8) is 0 Å². The minimum Gasteiger partial charge on any atom is -0.494 e. The fourth-order valence-electron chi connectivity index (χ4n) is 1.77. The van der Waals surface area contributed by atoms with Crippen LogP contribution in [-0.4, -0.2) is 23.7 Å². The molecule has 6 heteroatoms. The van der Waals surface area contributed by atoms with Gasteiger partial charge in [-0.15, -0.1) is 0 Å². The molecule has 2 heterocycles. The van der Waals surface area contributed by atoms with E-state index in [0.717, 1.165) is 0 Å². The van der Waals surface area contributed by atoms with Crippen LogP contribution in [0.1, 0.15) is 10.6 Å². The lowest BCUT2D eigenvalue weighted by molar-refractivity contribution is 0.110. The number of nitrogens with zero attached hydrogens (tertiary/aromatic N) is 2. The Kier molecular flexibility index (Phi) is 2.33. The number of methoxy groups -OCH3 is 1. The third-order valence-corrected chi connectivity index (χ3v) is 2.61. The minimum atomic E-state index is 0.255. The fourth-order valence-corrected chi connectivity index (χ4v) is 1.77. The Labute approximate surface area is 101 Å². The van der Waals surface area contributed by atoms with Crippen LogP contribution in [0.3, 0.4) is 0 Å². The van der Waals surface area contributed by atoms with Crippen LogP contribution in [0, 0.1) is 0 Å². The second kappa shape index (κ2) is 3.99. The van der Waals surface area contributed by atoms with Crippen LogP contribution in [0.15, 0.2) is 33.3 Å². The maximum absolute atomic E-state index is 10.6. The van der Waals surface area contributed by atoms with E-state index in [1.807, 2.05) is 0 Å². The Bertz CT molecular complexity index is 714. The van der Waals surface area contributed by atoms with E-state index >= 15 is 0 Å². The zero-order chi connectivity index (χ0) is 12.5. The van der Waals surface area contributed by atoms with E-state index in [4.69, 9.17) is 13.8 Å². The Morgan fingerprint density at radius 2 is 2.00 bits per heavy atom. The standard InChI is InChI=1S/C12H8N2O4/c1-16-10-5-3-8(11-12(10)14-18-13-11)9-4-2-7(6-15)17-9/h2-6H,1H3. The van der Waals surface area contributed by atoms with Crippen molar-refractivity contribution in [2.45, 2.75) is 0 Å². The Morgan fingerprint density at radius 1 is 1.17 bits per heavy atom. The van der Waals surface area contributed by atoms with Crippen molar-refractivity contribution >= 4 is 17.3 Å². The zero-order valence-corrected chi connectivity index (χ0v) is 9.41. The lowest BCUT2D eigenvalue weighted by atomic mass is 10.1. The number of hydrogen-bond donors (Lipinski definition) is 0. The van der Waals surface area contributed by atoms with Crippen LogP contribution in [0.4, 0.5) is 0 Å². The molecule has 1 aromatic carbocycles. The number of furan rings is 1. The third-order valence-electron chi connectivity index (χ3n) is 2.61. The van der Waals surface area contributed by atoms with Crippen LogP contribution in [0.2, 0.25) is 0 Å². The van der Waals surface area contributed by atoms with E-state index in [2.05, 4.69) is 10.3 Å². The van der Waals surface area contributed by atoms with E-state index < -0.39 is 0 Å². The largest absolute Gasteiger partial charge is 0.494 e. The Hall–Kier alpha value is -2.63. The third kappa shape index (κ3) is 1.46. The zero-order valence-electron chi connectivity index (χ0n) is 9.41. The molecule has 0 saturated heterocycles. The lowest BCUT2D eigenvalue weighted by Crippen LogP contribution is -1.86. The summed E-state index contributed by atoms with van der Waals surface area (Å²) in [6.07, 6.45) is 0.644. The quantitative estimate of drug-likeness (QED) is 0.658. The number of carbonyl (C=O) groups is 1. The van der Waals surface area contributed by atoms with Gasteiger partial charge in [0.15, 0.2) is 17.6 Å². The summed E-state index contributed by atoms with van der Waals surface area (Å²) < 4.78 is 15.2. The van der Waals surface area contributed by atoms with Gasteiger partial charge in [-0.3, -0.25) is 4.79 Å². The second-order valence-electron chi connectivity index (χ2n) is 3.60. The van der Waals surface area contributed by atoms with Crippen molar-refractivity contribution in [2.24, 2.45) is 0 Å². The van der Waals surface area contributed by atoms with E-state index in [-0.39, 0.29) is 5.76 Å². The van der Waals surface area contributed by atoms with Crippen molar-refractivity contribution in [1.82, 2.24) is 10.3 Å². The fraction of sp³-hybridized carbons (Fsp3) is 0.0833. The van der Waals surface area contributed by atoms with Gasteiger partial charge in [-0.25, -0.2) is 4.63 Å². The molecule has 0 amide bonds. The molecule has 2 aromatic heterocycles. The summed E-state index contributed by atoms with van der Waals surface area (Å²) in [6.45, 7) is 0. The van der Waals surface area contributed by atoms with Gasteiger partial charge in [0.1, 0.15) is 17.0 Å². The van der Waals surface area contributed by atoms with Crippen molar-refractivity contribution < 1.29 is 18.6 Å². The van der Waals surface area contributed by atoms with Crippen LogP contribution in [0.5, 0.6) is 5.75 Å². The molecule has 0 N–H and O–H groups in total. The normalized spacial score (nSPS) is 10.7. The van der Waals surface area contributed by atoms with Gasteiger partial charge in [-0.05, 0) is 34.6 Å². The van der Waals surface area contributed by atoms with Gasteiger partial charge in [-0.1, -0.05) is 0 Å². The first kappa shape index (κ1) is 10.5. The van der Waals surface area contributed by atoms with Gasteiger partial charge < -0.3 is 9.15 Å². The molecule has 0 fully saturated rings. The highest BCUT2D eigenvalue weighted by Gasteiger charge is 2.15. The smallest absolute Gasteiger partial charge is 0.185 e. The number of fused-ring (bicyclic) bond motifs is 1. The summed E-state index contributed by atoms with van der Waals surface area (Å²) >= 11 is 0. The first-order valence-corrected chi connectivity index (χ1v) is 5.18. The molecule has 3 rings (SSSR count). The summed E-state index contributed by atoms with van der Waals surface area (Å²) in [5.74, 6) is 1.35. The number of hydrogen-bond acceptors (Lipinski definition) is 6. The average molecular weight is 244 g/mol. The molecule has 3 aromatic rings. The number of aldehydes is 1. The van der Waals surface area contributed by atoms with Gasteiger partial charge in [0.2, 0.25) is 0 Å². The number of benzene rings is 1. The number of rotatable bonds is 3. The van der Waals surface area contributed by atoms with Crippen LogP contribution >= 0.6 is 0 Å². The molecule has 6 nitrogen and oxygen atoms in total. The molecule has 0 saturated carbocycles. The molecule has 0 radical (unpaired) electrons. The maximum atomic E-state index is 10.6. The molecule has 0 spiro atoms. The SMILES string of the molecule is COc1ccc(-c2ccc(C=O)o2)c2nonc12. The highest BCUT2D eigenvalue weighted by Crippen LogP contribution is 2.32. The number of carbonyl (C=O) groups excluding carboxylic acids is 1. The van der Waals surface area contributed by atoms with Gasteiger partial charge in [0.25, 0.3) is 0 Å². The molecule has 0 aliphatic rings. The van der Waals surface area contributed by atoms with Crippen LogP contribution < -0.4 is 4.74 Å². The molecular weight excluding hydrogens is 236 g/mol. The molecular formula is C12H8N2O4. The van der Waals surface area contributed by atoms with Crippen LogP contribution in [-0.2, 0) is 0 Å². The molecule has 0 aliphatic heterocycles. The second-order valence-corrected chi connectivity index (χ2v) is 3.60. The van der Waals surface area contributed by atoms with Crippen molar-refractivity contribution in [1.29, 1.82) is 0 Å². The molecule has 90 valence electrons. The van der Waals surface area contributed by atoms with E-state index in [0.29, 0.717) is 34.4 Å². The van der Waals surface area contributed by atoms with Crippen molar-refractivity contribution in [2.75, 3.05) is 7.11 Å². The Morgan fingerprint density at radius 3 is 2.72 bits per heavy atom. The highest BCUT2D eigenvalue weighted by molar-refractivity contribution is 5.93. The molecule has 18 heavy (non-hydrogen) atoms.